The molecule has 0 aliphatic carbocycles. The van der Waals surface area contributed by atoms with Crippen molar-refractivity contribution < 1.29 is 13.2 Å². The van der Waals surface area contributed by atoms with Crippen LogP contribution in [0.3, 0.4) is 0 Å². The van der Waals surface area contributed by atoms with Gasteiger partial charge in [-0.15, -0.1) is 0 Å². The van der Waals surface area contributed by atoms with Crippen LogP contribution in [0.25, 0.3) is 0 Å². The van der Waals surface area contributed by atoms with E-state index in [0.717, 1.165) is 11.8 Å². The molecule has 0 amide bonds. The van der Waals surface area contributed by atoms with E-state index < -0.39 is 17.4 Å². The summed E-state index contributed by atoms with van der Waals surface area (Å²) in [6, 6.07) is 0.449. The summed E-state index contributed by atoms with van der Waals surface area (Å²) in [7, 11) is 0. The predicted octanol–water partition coefficient (Wildman–Crippen LogP) is 2.29. The third-order valence-corrected chi connectivity index (χ3v) is 2.25. The summed E-state index contributed by atoms with van der Waals surface area (Å²) in [5, 5.41) is 0.0430. The number of H-pyrrole nitrogens is 1. The molecule has 0 fully saturated rings. The van der Waals surface area contributed by atoms with Gasteiger partial charge in [0.1, 0.15) is 0 Å². The van der Waals surface area contributed by atoms with Gasteiger partial charge in [0, 0.05) is 11.3 Å². The summed E-state index contributed by atoms with van der Waals surface area (Å²) in [4.78, 5) is 16.5. The second-order valence-electron chi connectivity index (χ2n) is 3.10. The number of halogens is 3. The van der Waals surface area contributed by atoms with Crippen molar-refractivity contribution >= 4 is 11.8 Å². The molecule has 0 aliphatic rings. The molecule has 0 spiro atoms. The van der Waals surface area contributed by atoms with Gasteiger partial charge in [-0.25, -0.2) is 4.98 Å². The van der Waals surface area contributed by atoms with Crippen LogP contribution in [0.2, 0.25) is 0 Å². The van der Waals surface area contributed by atoms with Crippen LogP contribution in [0.4, 0.5) is 13.2 Å². The van der Waals surface area contributed by atoms with Crippen molar-refractivity contribution in [2.45, 2.75) is 30.4 Å². The summed E-state index contributed by atoms with van der Waals surface area (Å²) >= 11 is 1.08. The first-order valence-corrected chi connectivity index (χ1v) is 5.02. The van der Waals surface area contributed by atoms with Gasteiger partial charge in [-0.3, -0.25) is 4.79 Å². The van der Waals surface area contributed by atoms with Crippen molar-refractivity contribution in [2.24, 2.45) is 0 Å². The number of nitrogens with zero attached hydrogens (tertiary/aromatic N) is 1. The van der Waals surface area contributed by atoms with Gasteiger partial charge in [-0.2, -0.15) is 13.2 Å². The van der Waals surface area contributed by atoms with Crippen molar-refractivity contribution in [3.8, 4) is 0 Å². The smallest absolute Gasteiger partial charge is 0.301 e. The van der Waals surface area contributed by atoms with Crippen LogP contribution >= 0.6 is 11.8 Å². The molecule has 0 atom stereocenters. The SMILES string of the molecule is CC(C)Sc1nc(C(F)(F)F)cc(=O)[nH]1. The standard InChI is InChI=1S/C8H9F3N2OS/c1-4(2)15-7-12-5(8(9,10)11)3-6(14)13-7/h3-4H,1-2H3,(H,12,13,14). The van der Waals surface area contributed by atoms with E-state index in [1.165, 1.54) is 0 Å². The molecule has 84 valence electrons. The summed E-state index contributed by atoms with van der Waals surface area (Å²) in [5.74, 6) is 0. The number of rotatable bonds is 2. The Labute approximate surface area is 88.1 Å². The van der Waals surface area contributed by atoms with Gasteiger partial charge in [-0.05, 0) is 0 Å². The van der Waals surface area contributed by atoms with E-state index >= 15 is 0 Å². The van der Waals surface area contributed by atoms with Crippen molar-refractivity contribution in [2.75, 3.05) is 0 Å². The Morgan fingerprint density at radius 1 is 1.47 bits per heavy atom. The Kier molecular flexibility index (Phi) is 3.43. The van der Waals surface area contributed by atoms with Crippen LogP contribution in [-0.4, -0.2) is 15.2 Å². The van der Waals surface area contributed by atoms with Gasteiger partial charge in [0.2, 0.25) is 0 Å². The average molecular weight is 238 g/mol. The van der Waals surface area contributed by atoms with Gasteiger partial charge in [-0.1, -0.05) is 25.6 Å². The molecule has 0 bridgehead atoms. The minimum Gasteiger partial charge on any atom is -0.301 e. The number of alkyl halides is 3. The fourth-order valence-electron chi connectivity index (χ4n) is 0.860. The highest BCUT2D eigenvalue weighted by atomic mass is 32.2. The Hall–Kier alpha value is -0.980. The quantitative estimate of drug-likeness (QED) is 0.635. The lowest BCUT2D eigenvalue weighted by atomic mass is 10.4. The van der Waals surface area contributed by atoms with Gasteiger partial charge in [0.25, 0.3) is 5.56 Å². The van der Waals surface area contributed by atoms with Gasteiger partial charge >= 0.3 is 6.18 Å². The largest absolute Gasteiger partial charge is 0.433 e. The second-order valence-corrected chi connectivity index (χ2v) is 4.67. The molecule has 7 heteroatoms. The first-order chi connectivity index (χ1) is 6.79. The van der Waals surface area contributed by atoms with Crippen molar-refractivity contribution in [1.82, 2.24) is 9.97 Å². The van der Waals surface area contributed by atoms with Crippen LogP contribution in [0, 0.1) is 0 Å². The van der Waals surface area contributed by atoms with E-state index in [9.17, 15) is 18.0 Å². The number of aromatic amines is 1. The average Bonchev–Trinajstić information content (AvgIpc) is 1.99. The summed E-state index contributed by atoms with van der Waals surface area (Å²) in [6.07, 6.45) is -4.58. The molecule has 0 aliphatic heterocycles. The van der Waals surface area contributed by atoms with Gasteiger partial charge < -0.3 is 4.98 Å². The molecule has 1 heterocycles. The van der Waals surface area contributed by atoms with Gasteiger partial charge in [0.15, 0.2) is 10.9 Å². The van der Waals surface area contributed by atoms with Crippen LogP contribution < -0.4 is 5.56 Å². The third kappa shape index (κ3) is 3.58. The number of hydrogen-bond acceptors (Lipinski definition) is 3. The van der Waals surface area contributed by atoms with Crippen LogP contribution in [-0.2, 0) is 6.18 Å². The molecule has 1 N–H and O–H groups in total. The predicted molar refractivity (Wildman–Crippen MR) is 50.9 cm³/mol. The number of aromatic nitrogens is 2. The maximum absolute atomic E-state index is 12.3. The lowest BCUT2D eigenvalue weighted by Crippen LogP contribution is -2.17. The molecule has 3 nitrogen and oxygen atoms in total. The Morgan fingerprint density at radius 3 is 2.53 bits per heavy atom. The van der Waals surface area contributed by atoms with E-state index in [2.05, 4.69) is 9.97 Å². The molecule has 0 aromatic carbocycles. The number of nitrogens with one attached hydrogen (secondary N) is 1. The van der Waals surface area contributed by atoms with E-state index in [1.807, 2.05) is 0 Å². The van der Waals surface area contributed by atoms with Crippen molar-refractivity contribution in [3.05, 3.63) is 22.1 Å². The monoisotopic (exact) mass is 238 g/mol. The summed E-state index contributed by atoms with van der Waals surface area (Å²) in [5.41, 5.74) is -1.95. The Balaban J connectivity index is 3.11. The topological polar surface area (TPSA) is 45.8 Å². The highest BCUT2D eigenvalue weighted by Gasteiger charge is 2.33. The first-order valence-electron chi connectivity index (χ1n) is 4.14. The second kappa shape index (κ2) is 4.26. The lowest BCUT2D eigenvalue weighted by molar-refractivity contribution is -0.141. The molecular formula is C8H9F3N2OS. The van der Waals surface area contributed by atoms with E-state index in [4.69, 9.17) is 0 Å². The van der Waals surface area contributed by atoms with Gasteiger partial charge in [0.05, 0.1) is 0 Å². The highest BCUT2D eigenvalue weighted by molar-refractivity contribution is 7.99. The molecule has 1 rings (SSSR count). The highest BCUT2D eigenvalue weighted by Crippen LogP contribution is 2.28. The Bertz CT molecular complexity index is 400. The Morgan fingerprint density at radius 2 is 2.07 bits per heavy atom. The number of hydrogen-bond donors (Lipinski definition) is 1. The van der Waals surface area contributed by atoms with E-state index in [0.29, 0.717) is 6.07 Å². The zero-order chi connectivity index (χ0) is 11.6. The maximum Gasteiger partial charge on any atom is 0.433 e. The zero-order valence-electron chi connectivity index (χ0n) is 8.05. The molecular weight excluding hydrogens is 229 g/mol. The van der Waals surface area contributed by atoms with E-state index in [-0.39, 0.29) is 10.4 Å². The van der Waals surface area contributed by atoms with Crippen molar-refractivity contribution in [1.29, 1.82) is 0 Å². The molecule has 0 saturated heterocycles. The van der Waals surface area contributed by atoms with Crippen LogP contribution in [0.1, 0.15) is 19.5 Å². The van der Waals surface area contributed by atoms with Crippen LogP contribution in [0.5, 0.6) is 0 Å². The van der Waals surface area contributed by atoms with E-state index in [1.54, 1.807) is 13.8 Å². The molecule has 0 unspecified atom stereocenters. The molecule has 0 saturated carbocycles. The van der Waals surface area contributed by atoms with Crippen LogP contribution in [0.15, 0.2) is 16.0 Å². The normalized spacial score (nSPS) is 12.1. The zero-order valence-corrected chi connectivity index (χ0v) is 8.87. The summed E-state index contributed by atoms with van der Waals surface area (Å²) < 4.78 is 36.8. The molecule has 15 heavy (non-hydrogen) atoms. The maximum atomic E-state index is 12.3. The first kappa shape index (κ1) is 12.1. The lowest BCUT2D eigenvalue weighted by Gasteiger charge is -2.07. The molecule has 1 aromatic rings. The minimum atomic E-state index is -4.58. The number of thioether (sulfide) groups is 1. The van der Waals surface area contributed by atoms with Crippen molar-refractivity contribution in [3.63, 3.8) is 0 Å². The summed E-state index contributed by atoms with van der Waals surface area (Å²) in [6.45, 7) is 3.59. The third-order valence-electron chi connectivity index (χ3n) is 1.36. The fourth-order valence-corrected chi connectivity index (χ4v) is 1.62. The molecule has 0 radical (unpaired) electrons. The fraction of sp³-hybridized carbons (Fsp3) is 0.500. The molecule has 1 aromatic heterocycles. The minimum absolute atomic E-state index is 0.00942.